The largest absolute Gasteiger partial charge is 0.468 e. The summed E-state index contributed by atoms with van der Waals surface area (Å²) in [4.78, 5) is 24.4. The number of ketones is 1. The molecule has 2 aromatic rings. The van der Waals surface area contributed by atoms with Crippen LogP contribution in [0, 0.1) is 11.6 Å². The standard InChI is InChI=1S/C26H29F2NO5S/c1-17-8-9-24(18-6-4-3-5-7-18)35(32,33)29(17)16-19-14-23(28)21(15-22(19)27)26(25(31)34-2)12-10-20(30)11-13-26/h3-7,14-15,17,24H,8-13,16H2,1-2H3/t17-,24?/m0/s1. The Morgan fingerprint density at radius 2 is 1.74 bits per heavy atom. The van der Waals surface area contributed by atoms with E-state index >= 15 is 8.78 Å². The van der Waals surface area contributed by atoms with E-state index in [1.54, 1.807) is 31.2 Å². The predicted molar refractivity (Wildman–Crippen MR) is 126 cm³/mol. The van der Waals surface area contributed by atoms with Crippen LogP contribution in [-0.2, 0) is 36.3 Å². The average Bonchev–Trinajstić information content (AvgIpc) is 2.84. The van der Waals surface area contributed by atoms with Crippen molar-refractivity contribution in [3.8, 4) is 0 Å². The first kappa shape index (κ1) is 25.4. The second kappa shape index (κ2) is 9.78. The molecule has 0 N–H and O–H groups in total. The molecular weight excluding hydrogens is 476 g/mol. The Balaban J connectivity index is 1.68. The second-order valence-corrected chi connectivity index (χ2v) is 11.5. The van der Waals surface area contributed by atoms with Gasteiger partial charge in [0.25, 0.3) is 0 Å². The van der Waals surface area contributed by atoms with Crippen molar-refractivity contribution in [3.05, 3.63) is 70.8 Å². The van der Waals surface area contributed by atoms with Crippen molar-refractivity contribution in [2.75, 3.05) is 7.11 Å². The summed E-state index contributed by atoms with van der Waals surface area (Å²) < 4.78 is 63.8. The van der Waals surface area contributed by atoms with E-state index in [0.717, 1.165) is 12.1 Å². The summed E-state index contributed by atoms with van der Waals surface area (Å²) >= 11 is 0. The second-order valence-electron chi connectivity index (χ2n) is 9.45. The Morgan fingerprint density at radius 1 is 1.09 bits per heavy atom. The summed E-state index contributed by atoms with van der Waals surface area (Å²) in [6, 6.07) is 10.4. The molecule has 2 aromatic carbocycles. The smallest absolute Gasteiger partial charge is 0.316 e. The lowest BCUT2D eigenvalue weighted by atomic mass is 9.68. The topological polar surface area (TPSA) is 80.8 Å². The highest BCUT2D eigenvalue weighted by molar-refractivity contribution is 7.89. The quantitative estimate of drug-likeness (QED) is 0.556. The van der Waals surface area contributed by atoms with Crippen molar-refractivity contribution in [1.29, 1.82) is 0 Å². The third kappa shape index (κ3) is 4.63. The zero-order valence-electron chi connectivity index (χ0n) is 19.8. The molecule has 1 aliphatic heterocycles. The SMILES string of the molecule is COC(=O)C1(c2cc(F)c(CN3[C@@H](C)CCC(c4ccccc4)S3(=O)=O)cc2F)CCC(=O)CC1. The van der Waals surface area contributed by atoms with Crippen LogP contribution in [0.5, 0.6) is 0 Å². The zero-order chi connectivity index (χ0) is 25.4. The van der Waals surface area contributed by atoms with Crippen LogP contribution in [0.2, 0.25) is 0 Å². The van der Waals surface area contributed by atoms with Gasteiger partial charge in [0, 0.05) is 36.6 Å². The minimum atomic E-state index is -3.83. The molecule has 2 aliphatic rings. The van der Waals surface area contributed by atoms with Gasteiger partial charge in [-0.05, 0) is 50.3 Å². The summed E-state index contributed by atoms with van der Waals surface area (Å²) in [7, 11) is -2.65. The van der Waals surface area contributed by atoms with Crippen LogP contribution >= 0.6 is 0 Å². The summed E-state index contributed by atoms with van der Waals surface area (Å²) in [5.74, 6) is -2.37. The van der Waals surface area contributed by atoms with Crippen LogP contribution in [0.1, 0.15) is 67.4 Å². The Morgan fingerprint density at radius 3 is 2.37 bits per heavy atom. The molecule has 1 heterocycles. The van der Waals surface area contributed by atoms with Gasteiger partial charge in [-0.3, -0.25) is 9.59 Å². The van der Waals surface area contributed by atoms with Crippen LogP contribution in [-0.4, -0.2) is 37.6 Å². The van der Waals surface area contributed by atoms with Gasteiger partial charge in [0.05, 0.1) is 12.5 Å². The molecule has 0 spiro atoms. The molecule has 1 unspecified atom stereocenters. The number of methoxy groups -OCH3 is 1. The molecule has 188 valence electrons. The first-order valence-corrected chi connectivity index (χ1v) is 13.2. The normalized spacial score (nSPS) is 24.2. The lowest BCUT2D eigenvalue weighted by Gasteiger charge is -2.38. The Kier molecular flexibility index (Phi) is 7.11. The molecule has 35 heavy (non-hydrogen) atoms. The van der Waals surface area contributed by atoms with Gasteiger partial charge < -0.3 is 4.74 Å². The average molecular weight is 506 g/mol. The maximum absolute atomic E-state index is 15.4. The number of hydrogen-bond donors (Lipinski definition) is 0. The van der Waals surface area contributed by atoms with Gasteiger partial charge in [0.2, 0.25) is 10.0 Å². The fourth-order valence-corrected chi connectivity index (χ4v) is 7.52. The number of sulfonamides is 1. The van der Waals surface area contributed by atoms with E-state index in [1.165, 1.54) is 11.4 Å². The number of carbonyl (C=O) groups is 2. The summed E-state index contributed by atoms with van der Waals surface area (Å²) in [5, 5.41) is -0.755. The van der Waals surface area contributed by atoms with E-state index in [0.29, 0.717) is 18.4 Å². The van der Waals surface area contributed by atoms with Crippen LogP contribution < -0.4 is 0 Å². The molecular formula is C26H29F2NO5S. The van der Waals surface area contributed by atoms with E-state index < -0.39 is 38.3 Å². The zero-order valence-corrected chi connectivity index (χ0v) is 20.6. The Labute approximate surface area is 204 Å². The highest BCUT2D eigenvalue weighted by Gasteiger charge is 2.47. The molecule has 2 atom stereocenters. The molecule has 6 nitrogen and oxygen atoms in total. The van der Waals surface area contributed by atoms with Crippen molar-refractivity contribution in [2.45, 2.75) is 68.7 Å². The van der Waals surface area contributed by atoms with Gasteiger partial charge in [-0.1, -0.05) is 30.3 Å². The van der Waals surface area contributed by atoms with Crippen molar-refractivity contribution < 1.29 is 31.5 Å². The third-order valence-electron chi connectivity index (χ3n) is 7.41. The fraction of sp³-hybridized carbons (Fsp3) is 0.462. The number of hydrogen-bond acceptors (Lipinski definition) is 5. The van der Waals surface area contributed by atoms with Gasteiger partial charge in [0.1, 0.15) is 22.7 Å². The molecule has 1 saturated carbocycles. The highest BCUT2D eigenvalue weighted by atomic mass is 32.2. The molecule has 4 rings (SSSR count). The molecule has 2 fully saturated rings. The van der Waals surface area contributed by atoms with Crippen molar-refractivity contribution in [2.24, 2.45) is 0 Å². The van der Waals surface area contributed by atoms with E-state index in [1.807, 2.05) is 6.07 Å². The summed E-state index contributed by atoms with van der Waals surface area (Å²) in [5.41, 5.74) is -1.05. The maximum atomic E-state index is 15.4. The lowest BCUT2D eigenvalue weighted by Crippen LogP contribution is -2.45. The number of esters is 1. The molecule has 0 bridgehead atoms. The van der Waals surface area contributed by atoms with Gasteiger partial charge >= 0.3 is 5.97 Å². The fourth-order valence-electron chi connectivity index (χ4n) is 5.33. The number of carbonyl (C=O) groups excluding carboxylic acids is 2. The van der Waals surface area contributed by atoms with Crippen LogP contribution in [0.3, 0.4) is 0 Å². The first-order chi connectivity index (χ1) is 16.6. The van der Waals surface area contributed by atoms with Gasteiger partial charge in [-0.2, -0.15) is 4.31 Å². The van der Waals surface area contributed by atoms with E-state index in [4.69, 9.17) is 4.74 Å². The number of ether oxygens (including phenoxy) is 1. The van der Waals surface area contributed by atoms with Gasteiger partial charge in [0.15, 0.2) is 0 Å². The molecule has 0 aromatic heterocycles. The van der Waals surface area contributed by atoms with Crippen LogP contribution in [0.4, 0.5) is 8.78 Å². The van der Waals surface area contributed by atoms with Crippen molar-refractivity contribution in [1.82, 2.24) is 4.31 Å². The number of Topliss-reactive ketones (excluding diaryl/α,β-unsaturated/α-hetero) is 1. The number of halogens is 2. The van der Waals surface area contributed by atoms with Gasteiger partial charge in [-0.25, -0.2) is 17.2 Å². The predicted octanol–water partition coefficient (Wildman–Crippen LogP) is 4.57. The van der Waals surface area contributed by atoms with E-state index in [9.17, 15) is 18.0 Å². The van der Waals surface area contributed by atoms with Crippen molar-refractivity contribution in [3.63, 3.8) is 0 Å². The monoisotopic (exact) mass is 505 g/mol. The minimum Gasteiger partial charge on any atom is -0.468 e. The molecule has 1 saturated heterocycles. The maximum Gasteiger partial charge on any atom is 0.316 e. The Hall–Kier alpha value is -2.65. The molecule has 0 amide bonds. The van der Waals surface area contributed by atoms with Crippen LogP contribution in [0.25, 0.3) is 0 Å². The Bertz CT molecular complexity index is 1220. The van der Waals surface area contributed by atoms with Gasteiger partial charge in [-0.15, -0.1) is 0 Å². The number of rotatable bonds is 5. The molecule has 1 aliphatic carbocycles. The minimum absolute atomic E-state index is 0.0322. The summed E-state index contributed by atoms with van der Waals surface area (Å²) in [6.07, 6.45) is 1.24. The third-order valence-corrected chi connectivity index (χ3v) is 9.78. The molecule has 9 heteroatoms. The van der Waals surface area contributed by atoms with Crippen molar-refractivity contribution >= 4 is 21.8 Å². The van der Waals surface area contributed by atoms with E-state index in [-0.39, 0.29) is 55.2 Å². The number of benzene rings is 2. The molecule has 0 radical (unpaired) electrons. The van der Waals surface area contributed by atoms with Crippen LogP contribution in [0.15, 0.2) is 42.5 Å². The summed E-state index contributed by atoms with van der Waals surface area (Å²) in [6.45, 7) is 1.44. The number of nitrogens with zero attached hydrogens (tertiary/aromatic N) is 1. The highest BCUT2D eigenvalue weighted by Crippen LogP contribution is 2.42. The lowest BCUT2D eigenvalue weighted by molar-refractivity contribution is -0.149. The first-order valence-electron chi connectivity index (χ1n) is 11.7. The van der Waals surface area contributed by atoms with E-state index in [2.05, 4.69) is 0 Å².